The molecule has 0 unspecified atom stereocenters. The van der Waals surface area contributed by atoms with E-state index in [1.54, 1.807) is 41.4 Å². The van der Waals surface area contributed by atoms with Crippen LogP contribution in [0.1, 0.15) is 33.9 Å². The summed E-state index contributed by atoms with van der Waals surface area (Å²) in [6.45, 7) is 0. The number of hydrogen-bond acceptors (Lipinski definition) is 4. The van der Waals surface area contributed by atoms with Gasteiger partial charge in [-0.1, -0.05) is 29.8 Å². The maximum atomic E-state index is 14.8. The molecular weight excluding hydrogens is 477 g/mol. The molecule has 0 amide bonds. The van der Waals surface area contributed by atoms with Crippen molar-refractivity contribution in [3.8, 4) is 11.3 Å². The van der Waals surface area contributed by atoms with Crippen LogP contribution in [0, 0.1) is 5.82 Å². The minimum absolute atomic E-state index is 0.0837. The molecule has 2 aromatic heterocycles. The van der Waals surface area contributed by atoms with Gasteiger partial charge in [0.05, 0.1) is 28.0 Å². The van der Waals surface area contributed by atoms with Gasteiger partial charge in [0.1, 0.15) is 23.4 Å². The maximum absolute atomic E-state index is 14.8. The molecule has 1 aliphatic heterocycles. The van der Waals surface area contributed by atoms with Crippen LogP contribution in [0.25, 0.3) is 11.3 Å². The van der Waals surface area contributed by atoms with E-state index < -0.39 is 23.9 Å². The summed E-state index contributed by atoms with van der Waals surface area (Å²) < 4.78 is 21.0. The lowest BCUT2D eigenvalue weighted by molar-refractivity contribution is 0.0697. The van der Waals surface area contributed by atoms with Crippen LogP contribution in [-0.2, 0) is 0 Å². The fourth-order valence-corrected chi connectivity index (χ4v) is 4.60. The number of halogens is 2. The Balaban J connectivity index is 1.62. The SMILES string of the molecule is O=C(O)c1ccc(Cl)c(-c2ccc([C@H]3[C@H](c4ccccn4)NC(=S)N3c3ccccc3F)o2)c1. The van der Waals surface area contributed by atoms with Crippen molar-refractivity contribution < 1.29 is 18.7 Å². The monoisotopic (exact) mass is 493 g/mol. The van der Waals surface area contributed by atoms with Gasteiger partial charge in [-0.3, -0.25) is 4.98 Å². The van der Waals surface area contributed by atoms with Crippen molar-refractivity contribution in [2.24, 2.45) is 0 Å². The van der Waals surface area contributed by atoms with E-state index in [-0.39, 0.29) is 5.56 Å². The van der Waals surface area contributed by atoms with Crippen molar-refractivity contribution in [1.82, 2.24) is 10.3 Å². The number of aromatic carboxylic acids is 1. The number of rotatable bonds is 5. The van der Waals surface area contributed by atoms with E-state index in [4.69, 9.17) is 28.2 Å². The highest BCUT2D eigenvalue weighted by molar-refractivity contribution is 7.80. The Hall–Kier alpha value is -3.75. The molecule has 34 heavy (non-hydrogen) atoms. The number of hydrogen-bond donors (Lipinski definition) is 2. The third-order valence-corrected chi connectivity index (χ3v) is 6.25. The molecule has 9 heteroatoms. The third-order valence-electron chi connectivity index (χ3n) is 5.61. The van der Waals surface area contributed by atoms with Gasteiger partial charge in [-0.25, -0.2) is 9.18 Å². The second kappa shape index (κ2) is 8.89. The summed E-state index contributed by atoms with van der Waals surface area (Å²) >= 11 is 11.9. The molecule has 0 aliphatic carbocycles. The fraction of sp³-hybridized carbons (Fsp3) is 0.0800. The first kappa shape index (κ1) is 22.1. The Morgan fingerprint density at radius 1 is 1.12 bits per heavy atom. The number of benzene rings is 2. The van der Waals surface area contributed by atoms with Crippen LogP contribution in [0.4, 0.5) is 10.1 Å². The first-order valence-corrected chi connectivity index (χ1v) is 11.1. The van der Waals surface area contributed by atoms with E-state index >= 15 is 0 Å². The van der Waals surface area contributed by atoms with Crippen LogP contribution in [0.5, 0.6) is 0 Å². The van der Waals surface area contributed by atoms with E-state index in [0.29, 0.717) is 38.6 Å². The van der Waals surface area contributed by atoms with Crippen molar-refractivity contribution in [2.45, 2.75) is 12.1 Å². The van der Waals surface area contributed by atoms with Crippen molar-refractivity contribution in [3.63, 3.8) is 0 Å². The van der Waals surface area contributed by atoms with Gasteiger partial charge in [0.25, 0.3) is 0 Å². The Bertz CT molecular complexity index is 1400. The fourth-order valence-electron chi connectivity index (χ4n) is 4.05. The second-order valence-electron chi connectivity index (χ2n) is 7.65. The highest BCUT2D eigenvalue weighted by Crippen LogP contribution is 2.44. The lowest BCUT2D eigenvalue weighted by Crippen LogP contribution is -2.30. The van der Waals surface area contributed by atoms with Crippen LogP contribution in [0.3, 0.4) is 0 Å². The number of carbonyl (C=O) groups is 1. The summed E-state index contributed by atoms with van der Waals surface area (Å²) in [5, 5.41) is 13.3. The van der Waals surface area contributed by atoms with Gasteiger partial charge in [-0.05, 0) is 66.8 Å². The molecule has 2 N–H and O–H groups in total. The molecule has 2 aromatic carbocycles. The number of nitrogens with one attached hydrogen (secondary N) is 1. The highest BCUT2D eigenvalue weighted by Gasteiger charge is 2.43. The minimum Gasteiger partial charge on any atom is -0.478 e. The molecule has 0 spiro atoms. The van der Waals surface area contributed by atoms with Gasteiger partial charge in [0.2, 0.25) is 0 Å². The quantitative estimate of drug-likeness (QED) is 0.330. The van der Waals surface area contributed by atoms with Crippen LogP contribution < -0.4 is 10.2 Å². The predicted octanol–water partition coefficient (Wildman–Crippen LogP) is 6.01. The molecule has 4 aromatic rings. The molecular formula is C25H17ClFN3O3S. The zero-order valence-electron chi connectivity index (χ0n) is 17.5. The van der Waals surface area contributed by atoms with Gasteiger partial charge in [-0.15, -0.1) is 0 Å². The molecule has 1 aliphatic rings. The Labute approximate surface area is 204 Å². The molecule has 1 fully saturated rings. The number of nitrogens with zero attached hydrogens (tertiary/aromatic N) is 2. The lowest BCUT2D eigenvalue weighted by Gasteiger charge is -2.26. The number of thiocarbonyl (C=S) groups is 1. The number of carboxylic acids is 1. The number of aromatic nitrogens is 1. The molecule has 0 bridgehead atoms. The number of para-hydroxylation sites is 1. The molecule has 0 saturated carbocycles. The van der Waals surface area contributed by atoms with Crippen LogP contribution in [-0.4, -0.2) is 21.2 Å². The normalized spacial score (nSPS) is 17.6. The van der Waals surface area contributed by atoms with E-state index in [9.17, 15) is 14.3 Å². The lowest BCUT2D eigenvalue weighted by atomic mass is 10.0. The zero-order chi connectivity index (χ0) is 23.8. The van der Waals surface area contributed by atoms with E-state index in [2.05, 4.69) is 10.3 Å². The smallest absolute Gasteiger partial charge is 0.335 e. The van der Waals surface area contributed by atoms with Crippen molar-refractivity contribution in [2.75, 3.05) is 4.90 Å². The minimum atomic E-state index is -1.07. The van der Waals surface area contributed by atoms with Gasteiger partial charge in [0.15, 0.2) is 5.11 Å². The molecule has 2 atom stereocenters. The predicted molar refractivity (Wildman–Crippen MR) is 130 cm³/mol. The van der Waals surface area contributed by atoms with Crippen molar-refractivity contribution in [3.05, 3.63) is 107 Å². The van der Waals surface area contributed by atoms with Gasteiger partial charge in [-0.2, -0.15) is 0 Å². The molecule has 6 nitrogen and oxygen atoms in total. The summed E-state index contributed by atoms with van der Waals surface area (Å²) in [5.74, 6) is -0.634. The Morgan fingerprint density at radius 3 is 2.65 bits per heavy atom. The molecule has 5 rings (SSSR count). The van der Waals surface area contributed by atoms with E-state index in [1.165, 1.54) is 24.3 Å². The molecule has 0 radical (unpaired) electrons. The topological polar surface area (TPSA) is 78.6 Å². The van der Waals surface area contributed by atoms with Gasteiger partial charge >= 0.3 is 5.97 Å². The summed E-state index contributed by atoms with van der Waals surface area (Å²) in [6, 6.07) is 18.8. The van der Waals surface area contributed by atoms with Crippen molar-refractivity contribution >= 4 is 40.6 Å². The van der Waals surface area contributed by atoms with Crippen LogP contribution in [0.15, 0.2) is 83.4 Å². The molecule has 170 valence electrons. The maximum Gasteiger partial charge on any atom is 0.335 e. The second-order valence-corrected chi connectivity index (χ2v) is 8.44. The summed E-state index contributed by atoms with van der Waals surface area (Å²) in [7, 11) is 0. The summed E-state index contributed by atoms with van der Waals surface area (Å²) in [5.41, 5.74) is 1.53. The first-order chi connectivity index (χ1) is 16.4. The van der Waals surface area contributed by atoms with Crippen LogP contribution in [0.2, 0.25) is 5.02 Å². The highest BCUT2D eigenvalue weighted by atomic mass is 35.5. The molecule has 3 heterocycles. The summed E-state index contributed by atoms with van der Waals surface area (Å²) in [6.07, 6.45) is 1.67. The van der Waals surface area contributed by atoms with E-state index in [1.807, 2.05) is 18.2 Å². The number of pyridine rings is 1. The average Bonchev–Trinajstić information content (AvgIpc) is 3.45. The standard InChI is InChI=1S/C25H17ClFN3O3S/c26-16-9-8-14(24(31)32)13-15(16)20-10-11-21(33-20)23-22(18-6-3-4-12-28-18)29-25(34)30(23)19-7-2-1-5-17(19)27/h1-13,22-23H,(H,29,34)(H,31,32)/t22-,23-/m0/s1. The number of furan rings is 1. The first-order valence-electron chi connectivity index (χ1n) is 10.3. The Morgan fingerprint density at radius 2 is 1.91 bits per heavy atom. The average molecular weight is 494 g/mol. The largest absolute Gasteiger partial charge is 0.478 e. The van der Waals surface area contributed by atoms with Gasteiger partial charge < -0.3 is 19.7 Å². The summed E-state index contributed by atoms with van der Waals surface area (Å²) in [4.78, 5) is 17.6. The third kappa shape index (κ3) is 3.91. The zero-order valence-corrected chi connectivity index (χ0v) is 19.1. The number of anilines is 1. The van der Waals surface area contributed by atoms with E-state index in [0.717, 1.165) is 0 Å². The van der Waals surface area contributed by atoms with Crippen molar-refractivity contribution in [1.29, 1.82) is 0 Å². The van der Waals surface area contributed by atoms with Gasteiger partial charge in [0, 0.05) is 11.8 Å². The van der Waals surface area contributed by atoms with Crippen LogP contribution >= 0.6 is 23.8 Å². The molecule has 1 saturated heterocycles. The number of carboxylic acid groups (broad SMARTS) is 1. The Kier molecular flexibility index (Phi) is 5.77.